The second-order valence-electron chi connectivity index (χ2n) is 6.67. The van der Waals surface area contributed by atoms with E-state index in [0.29, 0.717) is 5.75 Å². The van der Waals surface area contributed by atoms with E-state index in [2.05, 4.69) is 19.1 Å². The monoisotopic (exact) mass is 344 g/mol. The summed E-state index contributed by atoms with van der Waals surface area (Å²) in [4.78, 5) is 0. The Hall–Kier alpha value is -0.310. The van der Waals surface area contributed by atoms with Gasteiger partial charge in [-0.3, -0.25) is 0 Å². The van der Waals surface area contributed by atoms with Crippen molar-refractivity contribution >= 4 is 9.84 Å². The Morgan fingerprint density at radius 2 is 1.04 bits per heavy atom. The molecule has 0 spiro atoms. The molecular formula is C20H40O2S. The van der Waals surface area contributed by atoms with E-state index in [1.54, 1.807) is 6.92 Å². The summed E-state index contributed by atoms with van der Waals surface area (Å²) in [5, 5.41) is 0. The summed E-state index contributed by atoms with van der Waals surface area (Å²) in [5.41, 5.74) is 0. The Morgan fingerprint density at radius 1 is 0.609 bits per heavy atom. The van der Waals surface area contributed by atoms with E-state index in [4.69, 9.17) is 0 Å². The number of hydrogen-bond acceptors (Lipinski definition) is 2. The van der Waals surface area contributed by atoms with Gasteiger partial charge in [0.15, 0.2) is 0 Å². The first-order valence-corrected chi connectivity index (χ1v) is 11.8. The van der Waals surface area contributed by atoms with Crippen molar-refractivity contribution in [3.05, 3.63) is 12.2 Å². The SMILES string of the molecule is CCCCCCCCC=CCCCCCCCCS(=O)(=O)CC. The molecule has 0 fully saturated rings. The predicted octanol–water partition coefficient (Wildman–Crippen LogP) is 6.46. The minimum absolute atomic E-state index is 0.290. The van der Waals surface area contributed by atoms with Crippen LogP contribution in [0.5, 0.6) is 0 Å². The highest BCUT2D eigenvalue weighted by atomic mass is 32.2. The normalized spacial score (nSPS) is 12.3. The molecule has 0 aromatic rings. The first kappa shape index (κ1) is 22.7. The summed E-state index contributed by atoms with van der Waals surface area (Å²) in [6.07, 6.45) is 22.3. The van der Waals surface area contributed by atoms with Gasteiger partial charge < -0.3 is 0 Å². The topological polar surface area (TPSA) is 34.1 Å². The Balaban J connectivity index is 3.19. The zero-order valence-corrected chi connectivity index (χ0v) is 16.5. The van der Waals surface area contributed by atoms with Crippen LogP contribution < -0.4 is 0 Å². The summed E-state index contributed by atoms with van der Waals surface area (Å²) in [6, 6.07) is 0. The van der Waals surface area contributed by atoms with Crippen LogP contribution in [-0.2, 0) is 9.84 Å². The predicted molar refractivity (Wildman–Crippen MR) is 104 cm³/mol. The first-order chi connectivity index (χ1) is 11.1. The molecule has 0 aliphatic rings. The highest BCUT2D eigenvalue weighted by Gasteiger charge is 2.05. The Morgan fingerprint density at radius 3 is 1.52 bits per heavy atom. The van der Waals surface area contributed by atoms with Gasteiger partial charge in [0.05, 0.1) is 5.75 Å². The molecule has 0 N–H and O–H groups in total. The first-order valence-electron chi connectivity index (χ1n) is 9.97. The van der Waals surface area contributed by atoms with Crippen LogP contribution in [0.2, 0.25) is 0 Å². The fourth-order valence-corrected chi connectivity index (χ4v) is 3.65. The van der Waals surface area contributed by atoms with E-state index in [-0.39, 0.29) is 5.75 Å². The maximum atomic E-state index is 11.3. The lowest BCUT2D eigenvalue weighted by Crippen LogP contribution is -2.08. The number of sulfone groups is 1. The van der Waals surface area contributed by atoms with E-state index >= 15 is 0 Å². The van der Waals surface area contributed by atoms with Crippen LogP contribution in [0.4, 0.5) is 0 Å². The van der Waals surface area contributed by atoms with Crippen molar-refractivity contribution < 1.29 is 8.42 Å². The lowest BCUT2D eigenvalue weighted by atomic mass is 10.1. The summed E-state index contributed by atoms with van der Waals surface area (Å²) in [7, 11) is -2.75. The number of hydrogen-bond donors (Lipinski definition) is 0. The van der Waals surface area contributed by atoms with Crippen LogP contribution in [0.25, 0.3) is 0 Å². The summed E-state index contributed by atoms with van der Waals surface area (Å²) in [6.45, 7) is 3.99. The zero-order chi connectivity index (χ0) is 17.2. The molecule has 0 heterocycles. The second kappa shape index (κ2) is 16.5. The Kier molecular flexibility index (Phi) is 16.3. The lowest BCUT2D eigenvalue weighted by molar-refractivity contribution is 0.582. The molecule has 0 bridgehead atoms. The molecule has 0 radical (unpaired) electrons. The summed E-state index contributed by atoms with van der Waals surface area (Å²) in [5.74, 6) is 0.669. The summed E-state index contributed by atoms with van der Waals surface area (Å²) >= 11 is 0. The van der Waals surface area contributed by atoms with Gasteiger partial charge in [0.1, 0.15) is 9.84 Å². The van der Waals surface area contributed by atoms with E-state index in [9.17, 15) is 8.42 Å². The molecule has 0 saturated carbocycles. The maximum Gasteiger partial charge on any atom is 0.150 e. The van der Waals surface area contributed by atoms with Gasteiger partial charge in [0, 0.05) is 5.75 Å². The fraction of sp³-hybridized carbons (Fsp3) is 0.900. The van der Waals surface area contributed by atoms with Crippen molar-refractivity contribution in [1.29, 1.82) is 0 Å². The fourth-order valence-electron chi connectivity index (χ4n) is 2.71. The van der Waals surface area contributed by atoms with Gasteiger partial charge in [-0.25, -0.2) is 8.42 Å². The minimum atomic E-state index is -2.75. The third-order valence-corrected chi connectivity index (χ3v) is 6.20. The lowest BCUT2D eigenvalue weighted by Gasteiger charge is -2.02. The largest absolute Gasteiger partial charge is 0.229 e. The van der Waals surface area contributed by atoms with Gasteiger partial charge in [-0.2, -0.15) is 0 Å². The maximum absolute atomic E-state index is 11.3. The van der Waals surface area contributed by atoms with Gasteiger partial charge in [-0.15, -0.1) is 0 Å². The number of unbranched alkanes of at least 4 members (excludes halogenated alkanes) is 12. The molecule has 3 heteroatoms. The molecule has 0 aromatic carbocycles. The van der Waals surface area contributed by atoms with Crippen molar-refractivity contribution in [2.24, 2.45) is 0 Å². The molecule has 0 aliphatic carbocycles. The number of rotatable bonds is 17. The van der Waals surface area contributed by atoms with Gasteiger partial charge in [-0.1, -0.05) is 83.8 Å². The second-order valence-corrected chi connectivity index (χ2v) is 9.15. The van der Waals surface area contributed by atoms with Gasteiger partial charge in [0.25, 0.3) is 0 Å². The van der Waals surface area contributed by atoms with E-state index in [1.165, 1.54) is 77.0 Å². The van der Waals surface area contributed by atoms with Gasteiger partial charge in [-0.05, 0) is 32.1 Å². The van der Waals surface area contributed by atoms with Crippen LogP contribution in [0.15, 0.2) is 12.2 Å². The Bertz CT molecular complexity index is 358. The number of allylic oxidation sites excluding steroid dienone is 2. The highest BCUT2D eigenvalue weighted by molar-refractivity contribution is 7.91. The van der Waals surface area contributed by atoms with Gasteiger partial charge >= 0.3 is 0 Å². The van der Waals surface area contributed by atoms with Crippen molar-refractivity contribution in [1.82, 2.24) is 0 Å². The molecule has 138 valence electrons. The molecule has 0 saturated heterocycles. The van der Waals surface area contributed by atoms with Crippen LogP contribution >= 0.6 is 0 Å². The molecular weight excluding hydrogens is 304 g/mol. The van der Waals surface area contributed by atoms with Gasteiger partial charge in [0.2, 0.25) is 0 Å². The molecule has 0 aromatic heterocycles. The van der Waals surface area contributed by atoms with Crippen molar-refractivity contribution in [2.75, 3.05) is 11.5 Å². The third-order valence-electron chi connectivity index (χ3n) is 4.41. The molecule has 0 aliphatic heterocycles. The average molecular weight is 345 g/mol. The molecule has 23 heavy (non-hydrogen) atoms. The zero-order valence-electron chi connectivity index (χ0n) is 15.7. The average Bonchev–Trinajstić information content (AvgIpc) is 2.54. The van der Waals surface area contributed by atoms with Crippen LogP contribution in [0.1, 0.15) is 104 Å². The molecule has 0 amide bonds. The molecule has 2 nitrogen and oxygen atoms in total. The van der Waals surface area contributed by atoms with Crippen LogP contribution in [-0.4, -0.2) is 19.9 Å². The van der Waals surface area contributed by atoms with Crippen LogP contribution in [0, 0.1) is 0 Å². The molecule has 0 rings (SSSR count). The molecule has 0 unspecified atom stereocenters. The van der Waals surface area contributed by atoms with Crippen molar-refractivity contribution in [3.63, 3.8) is 0 Å². The molecule has 0 atom stereocenters. The summed E-state index contributed by atoms with van der Waals surface area (Å²) < 4.78 is 22.7. The standard InChI is InChI=1S/C20H40O2S/c1-3-5-6-7-8-9-10-11-12-13-14-15-16-17-18-19-20-23(21,22)4-2/h11-12H,3-10,13-20H2,1-2H3. The van der Waals surface area contributed by atoms with Crippen molar-refractivity contribution in [2.45, 2.75) is 104 Å². The Labute approximate surface area is 146 Å². The highest BCUT2D eigenvalue weighted by Crippen LogP contribution is 2.10. The van der Waals surface area contributed by atoms with E-state index < -0.39 is 9.84 Å². The minimum Gasteiger partial charge on any atom is -0.229 e. The smallest absolute Gasteiger partial charge is 0.150 e. The van der Waals surface area contributed by atoms with Crippen molar-refractivity contribution in [3.8, 4) is 0 Å². The third kappa shape index (κ3) is 17.9. The van der Waals surface area contributed by atoms with E-state index in [1.807, 2.05) is 0 Å². The van der Waals surface area contributed by atoms with E-state index in [0.717, 1.165) is 12.8 Å². The van der Waals surface area contributed by atoms with Crippen LogP contribution in [0.3, 0.4) is 0 Å². The quantitative estimate of drug-likeness (QED) is 0.224.